The molecule has 0 amide bonds. The Hall–Kier alpha value is -1.77. The lowest BCUT2D eigenvalue weighted by molar-refractivity contribution is 0.351. The van der Waals surface area contributed by atoms with E-state index in [0.29, 0.717) is 0 Å². The minimum atomic E-state index is -3.80. The number of aromatic hydroxyl groups is 1. The maximum Gasteiger partial charge on any atom is 0.255 e. The van der Waals surface area contributed by atoms with Gasteiger partial charge in [0.15, 0.2) is 21.1 Å². The zero-order valence-corrected chi connectivity index (χ0v) is 21.2. The highest BCUT2D eigenvalue weighted by Crippen LogP contribution is 2.43. The van der Waals surface area contributed by atoms with E-state index < -0.39 is 26.9 Å². The number of thiophene rings is 2. The number of nitrogens with one attached hydrogen (secondary N) is 2. The number of aromatic nitrogens is 2. The molecule has 0 radical (unpaired) electrons. The minimum Gasteiger partial charge on any atom is -0.546 e. The van der Waals surface area contributed by atoms with Crippen molar-refractivity contribution >= 4 is 61.2 Å². The second kappa shape index (κ2) is 8.64. The van der Waals surface area contributed by atoms with Crippen molar-refractivity contribution < 1.29 is 18.1 Å². The van der Waals surface area contributed by atoms with E-state index in [2.05, 4.69) is 40.2 Å². The summed E-state index contributed by atoms with van der Waals surface area (Å²) in [6.45, 7) is 8.28. The molecule has 3 N–H and O–H groups in total. The molecule has 0 aliphatic rings. The standard InChI is InChI=1S/C18H25N5O4S4/c1-10-7-8-12(29-10)14(18(2,3)4)20-16-15(21-30(25)22-16)19-11-9-28-17(13(11)24)31(26,27)23(5)6/h7-9,14,24H,1-6H3,(H,19,21)(H,20,22)/t14-,30?/m0/s1. The van der Waals surface area contributed by atoms with Gasteiger partial charge in [0.05, 0.1) is 11.7 Å². The summed E-state index contributed by atoms with van der Waals surface area (Å²) in [6.07, 6.45) is 0. The Morgan fingerprint density at radius 2 is 1.87 bits per heavy atom. The van der Waals surface area contributed by atoms with Crippen LogP contribution in [0.3, 0.4) is 0 Å². The molecule has 0 spiro atoms. The van der Waals surface area contributed by atoms with Gasteiger partial charge in [-0.15, -0.1) is 22.7 Å². The van der Waals surface area contributed by atoms with E-state index in [1.54, 1.807) is 11.3 Å². The van der Waals surface area contributed by atoms with E-state index in [0.717, 1.165) is 20.5 Å². The maximum absolute atomic E-state index is 12.4. The molecule has 2 atom stereocenters. The second-order valence-corrected chi connectivity index (χ2v) is 13.6. The van der Waals surface area contributed by atoms with Gasteiger partial charge in [0.1, 0.15) is 0 Å². The van der Waals surface area contributed by atoms with Crippen LogP contribution < -0.4 is 10.6 Å². The van der Waals surface area contributed by atoms with Crippen LogP contribution in [0, 0.1) is 12.3 Å². The number of nitrogens with zero attached hydrogens (tertiary/aromatic N) is 3. The number of anilines is 3. The molecule has 0 saturated heterocycles. The number of hydrogen-bond donors (Lipinski definition) is 3. The lowest BCUT2D eigenvalue weighted by Gasteiger charge is -2.30. The van der Waals surface area contributed by atoms with Crippen LogP contribution in [-0.2, 0) is 10.0 Å². The molecule has 1 unspecified atom stereocenters. The predicted molar refractivity (Wildman–Crippen MR) is 126 cm³/mol. The third-order valence-corrected chi connectivity index (χ3v) is 9.50. The summed E-state index contributed by atoms with van der Waals surface area (Å²) >= 11 is 0.717. The van der Waals surface area contributed by atoms with Crippen LogP contribution >= 0.6 is 33.8 Å². The molecule has 31 heavy (non-hydrogen) atoms. The molecular weight excluding hydrogens is 478 g/mol. The summed E-state index contributed by atoms with van der Waals surface area (Å²) in [5, 5.41) is 18.1. The molecule has 3 heterocycles. The molecule has 170 valence electrons. The van der Waals surface area contributed by atoms with E-state index in [9.17, 15) is 18.1 Å². The van der Waals surface area contributed by atoms with Gasteiger partial charge in [-0.05, 0) is 24.5 Å². The molecule has 0 saturated carbocycles. The quantitative estimate of drug-likeness (QED) is 0.401. The summed E-state index contributed by atoms with van der Waals surface area (Å²) in [5.74, 6) is 0.0365. The van der Waals surface area contributed by atoms with Gasteiger partial charge < -0.3 is 20.3 Å². The lowest BCUT2D eigenvalue weighted by Crippen LogP contribution is -2.25. The Kier molecular flexibility index (Phi) is 6.65. The van der Waals surface area contributed by atoms with E-state index >= 15 is 0 Å². The summed E-state index contributed by atoms with van der Waals surface area (Å²) in [6, 6.07) is 3.95. The number of sulfonamides is 1. The van der Waals surface area contributed by atoms with E-state index in [1.807, 2.05) is 19.1 Å². The van der Waals surface area contributed by atoms with Crippen LogP contribution in [0.4, 0.5) is 17.3 Å². The molecule has 0 aliphatic carbocycles. The molecular formula is C18H25N5O4S4. The highest BCUT2D eigenvalue weighted by Gasteiger charge is 2.32. The normalized spacial score (nSPS) is 14.1. The number of rotatable bonds is 7. The van der Waals surface area contributed by atoms with Crippen molar-refractivity contribution in [2.75, 3.05) is 24.7 Å². The van der Waals surface area contributed by atoms with Crippen LogP contribution in [0.15, 0.2) is 21.7 Å². The Morgan fingerprint density at radius 1 is 1.23 bits per heavy atom. The molecule has 0 fully saturated rings. The highest BCUT2D eigenvalue weighted by atomic mass is 32.2. The Labute approximate surface area is 192 Å². The molecule has 3 aromatic heterocycles. The van der Waals surface area contributed by atoms with Crippen molar-refractivity contribution in [3.05, 3.63) is 27.3 Å². The largest absolute Gasteiger partial charge is 0.546 e. The first-order valence-electron chi connectivity index (χ1n) is 9.23. The first-order valence-corrected chi connectivity index (χ1v) is 13.4. The first kappa shape index (κ1) is 23.9. The zero-order chi connectivity index (χ0) is 23.1. The summed E-state index contributed by atoms with van der Waals surface area (Å²) in [4.78, 5) is 2.27. The Bertz CT molecular complexity index is 1170. The fourth-order valence-corrected chi connectivity index (χ4v) is 6.98. The smallest absolute Gasteiger partial charge is 0.255 e. The summed E-state index contributed by atoms with van der Waals surface area (Å²) in [7, 11) is -1.02. The first-order chi connectivity index (χ1) is 14.3. The van der Waals surface area contributed by atoms with Crippen molar-refractivity contribution in [3.8, 4) is 5.75 Å². The average molecular weight is 504 g/mol. The predicted octanol–water partition coefficient (Wildman–Crippen LogP) is 4.53. The van der Waals surface area contributed by atoms with Crippen molar-refractivity contribution in [1.29, 1.82) is 0 Å². The van der Waals surface area contributed by atoms with Crippen LogP contribution in [-0.4, -0.2) is 45.2 Å². The Morgan fingerprint density at radius 3 is 2.42 bits per heavy atom. The minimum absolute atomic E-state index is 0.132. The fourth-order valence-electron chi connectivity index (χ4n) is 2.80. The highest BCUT2D eigenvalue weighted by molar-refractivity contribution is 7.91. The molecule has 3 rings (SSSR count). The third-order valence-electron chi connectivity index (χ3n) is 4.46. The van der Waals surface area contributed by atoms with Gasteiger partial charge in [-0.25, -0.2) is 12.7 Å². The molecule has 9 nitrogen and oxygen atoms in total. The topological polar surface area (TPSA) is 131 Å². The van der Waals surface area contributed by atoms with Crippen LogP contribution in [0.1, 0.15) is 36.6 Å². The fraction of sp³-hybridized carbons (Fsp3) is 0.444. The number of aryl methyl sites for hydroxylation is 1. The van der Waals surface area contributed by atoms with Gasteiger partial charge in [0.25, 0.3) is 10.0 Å². The van der Waals surface area contributed by atoms with Crippen molar-refractivity contribution in [3.63, 3.8) is 0 Å². The van der Waals surface area contributed by atoms with Gasteiger partial charge in [0.2, 0.25) is 11.6 Å². The van der Waals surface area contributed by atoms with E-state index in [4.69, 9.17) is 0 Å². The summed E-state index contributed by atoms with van der Waals surface area (Å²) < 4.78 is 45.7. The third kappa shape index (κ3) is 5.02. The van der Waals surface area contributed by atoms with Gasteiger partial charge >= 0.3 is 0 Å². The van der Waals surface area contributed by atoms with Crippen LogP contribution in [0.25, 0.3) is 0 Å². The van der Waals surface area contributed by atoms with Gasteiger partial charge in [-0.3, -0.25) is 0 Å². The lowest BCUT2D eigenvalue weighted by atomic mass is 9.86. The van der Waals surface area contributed by atoms with Crippen molar-refractivity contribution in [2.45, 2.75) is 37.9 Å². The summed E-state index contributed by atoms with van der Waals surface area (Å²) in [5.41, 5.74) is -0.0381. The molecule has 0 aromatic carbocycles. The second-order valence-electron chi connectivity index (χ2n) is 8.20. The van der Waals surface area contributed by atoms with Crippen LogP contribution in [0.5, 0.6) is 5.75 Å². The monoisotopic (exact) mass is 503 g/mol. The molecule has 0 bridgehead atoms. The van der Waals surface area contributed by atoms with Gasteiger partial charge in [-0.2, -0.15) is 0 Å². The van der Waals surface area contributed by atoms with E-state index in [1.165, 1.54) is 24.4 Å². The molecule has 13 heteroatoms. The van der Waals surface area contributed by atoms with Gasteiger partial charge in [0, 0.05) is 38.0 Å². The average Bonchev–Trinajstić information content (AvgIpc) is 3.32. The number of hydrogen-bond acceptors (Lipinski definition) is 10. The SMILES string of the molecule is Cc1ccc([C@H](Nc2n[s+]([O-])nc2Nc2csc(S(=O)(=O)N(C)C)c2O)C(C)(C)C)s1. The zero-order valence-electron chi connectivity index (χ0n) is 18.0. The molecule has 0 aliphatic heterocycles. The van der Waals surface area contributed by atoms with Gasteiger partial charge in [-0.1, -0.05) is 20.8 Å². The maximum atomic E-state index is 12.4. The van der Waals surface area contributed by atoms with E-state index in [-0.39, 0.29) is 33.0 Å². The van der Waals surface area contributed by atoms with Crippen molar-refractivity contribution in [1.82, 2.24) is 13.1 Å². The van der Waals surface area contributed by atoms with Crippen LogP contribution in [0.2, 0.25) is 0 Å². The Balaban J connectivity index is 1.94. The molecule has 3 aromatic rings. The van der Waals surface area contributed by atoms with Crippen molar-refractivity contribution in [2.24, 2.45) is 5.41 Å².